The molecule has 5 heteroatoms. The van der Waals surface area contributed by atoms with Crippen LogP contribution in [0.15, 0.2) is 35.5 Å². The molecule has 1 aliphatic rings. The van der Waals surface area contributed by atoms with Crippen molar-refractivity contribution in [2.24, 2.45) is 0 Å². The first-order valence-corrected chi connectivity index (χ1v) is 7.51. The van der Waals surface area contributed by atoms with Crippen molar-refractivity contribution in [2.45, 2.75) is 23.9 Å². The molecule has 0 spiro atoms. The summed E-state index contributed by atoms with van der Waals surface area (Å²) in [4.78, 5) is 4.68. The average Bonchev–Trinajstić information content (AvgIpc) is 3.21. The number of para-hydroxylation sites is 1. The van der Waals surface area contributed by atoms with E-state index < -0.39 is 0 Å². The van der Waals surface area contributed by atoms with Crippen LogP contribution in [0.5, 0.6) is 0 Å². The number of thioether (sulfide) groups is 1. The summed E-state index contributed by atoms with van der Waals surface area (Å²) in [7, 11) is 1.71. The second kappa shape index (κ2) is 5.75. The highest BCUT2D eigenvalue weighted by molar-refractivity contribution is 7.99. The Labute approximate surface area is 117 Å². The van der Waals surface area contributed by atoms with Gasteiger partial charge < -0.3 is 4.74 Å². The van der Waals surface area contributed by atoms with E-state index in [0.29, 0.717) is 5.92 Å². The number of ether oxygens (including phenoxy) is 1. The molecule has 1 aromatic carbocycles. The van der Waals surface area contributed by atoms with Crippen molar-refractivity contribution >= 4 is 11.8 Å². The Morgan fingerprint density at radius 3 is 2.79 bits per heavy atom. The second-order valence-corrected chi connectivity index (χ2v) is 5.68. The molecule has 0 N–H and O–H groups in total. The minimum atomic E-state index is 0.587. The number of aromatic nitrogens is 3. The summed E-state index contributed by atoms with van der Waals surface area (Å²) in [6.45, 7) is 0.726. The number of hydrogen-bond donors (Lipinski definition) is 0. The van der Waals surface area contributed by atoms with E-state index in [9.17, 15) is 0 Å². The second-order valence-electron chi connectivity index (χ2n) is 4.62. The topological polar surface area (TPSA) is 39.9 Å². The zero-order valence-electron chi connectivity index (χ0n) is 11.0. The Kier molecular flexibility index (Phi) is 3.84. The van der Waals surface area contributed by atoms with E-state index in [0.717, 1.165) is 29.0 Å². The fourth-order valence-electron chi connectivity index (χ4n) is 1.95. The lowest BCUT2D eigenvalue weighted by atomic mass is 10.3. The van der Waals surface area contributed by atoms with E-state index in [1.54, 1.807) is 18.9 Å². The molecule has 3 rings (SSSR count). The Hall–Kier alpha value is -1.33. The molecule has 1 aliphatic carbocycles. The lowest BCUT2D eigenvalue weighted by Crippen LogP contribution is -2.01. The molecule has 0 bridgehead atoms. The Morgan fingerprint density at radius 2 is 2.11 bits per heavy atom. The standard InChI is InChI=1S/C14H17N3OS/c1-18-9-10-19-14-15-13(11-7-8-11)17(16-14)12-5-3-2-4-6-12/h2-6,11H,7-10H2,1H3. The van der Waals surface area contributed by atoms with E-state index in [-0.39, 0.29) is 0 Å². The average molecular weight is 275 g/mol. The summed E-state index contributed by atoms with van der Waals surface area (Å²) in [5, 5.41) is 5.48. The molecule has 0 amide bonds. The van der Waals surface area contributed by atoms with Gasteiger partial charge in [-0.3, -0.25) is 0 Å². The maximum Gasteiger partial charge on any atom is 0.209 e. The lowest BCUT2D eigenvalue weighted by Gasteiger charge is -2.03. The van der Waals surface area contributed by atoms with Gasteiger partial charge in [-0.1, -0.05) is 30.0 Å². The van der Waals surface area contributed by atoms with Gasteiger partial charge in [0.15, 0.2) is 0 Å². The monoisotopic (exact) mass is 275 g/mol. The first-order chi connectivity index (χ1) is 9.38. The smallest absolute Gasteiger partial charge is 0.209 e. The molecular weight excluding hydrogens is 258 g/mol. The van der Waals surface area contributed by atoms with Crippen LogP contribution in [0, 0.1) is 0 Å². The number of hydrogen-bond acceptors (Lipinski definition) is 4. The number of methoxy groups -OCH3 is 1. The lowest BCUT2D eigenvalue weighted by molar-refractivity contribution is 0.218. The minimum Gasteiger partial charge on any atom is -0.384 e. The predicted molar refractivity (Wildman–Crippen MR) is 75.9 cm³/mol. The van der Waals surface area contributed by atoms with Crippen LogP contribution in [0.2, 0.25) is 0 Å². The molecule has 2 aromatic rings. The fourth-order valence-corrected chi connectivity index (χ4v) is 2.68. The van der Waals surface area contributed by atoms with E-state index in [1.807, 2.05) is 22.9 Å². The van der Waals surface area contributed by atoms with Crippen molar-refractivity contribution < 1.29 is 4.74 Å². The van der Waals surface area contributed by atoms with Gasteiger partial charge >= 0.3 is 0 Å². The normalized spacial score (nSPS) is 14.8. The molecule has 0 unspecified atom stereocenters. The molecule has 0 aliphatic heterocycles. The Bertz CT molecular complexity index is 537. The van der Waals surface area contributed by atoms with Crippen LogP contribution in [-0.2, 0) is 4.74 Å². The summed E-state index contributed by atoms with van der Waals surface area (Å²) >= 11 is 1.65. The van der Waals surface area contributed by atoms with E-state index in [2.05, 4.69) is 22.2 Å². The van der Waals surface area contributed by atoms with Gasteiger partial charge in [-0.25, -0.2) is 9.67 Å². The molecule has 0 atom stereocenters. The van der Waals surface area contributed by atoms with Crippen molar-refractivity contribution in [1.29, 1.82) is 0 Å². The van der Waals surface area contributed by atoms with Crippen molar-refractivity contribution in [1.82, 2.24) is 14.8 Å². The van der Waals surface area contributed by atoms with Crippen LogP contribution in [0.4, 0.5) is 0 Å². The molecule has 4 nitrogen and oxygen atoms in total. The highest BCUT2D eigenvalue weighted by atomic mass is 32.2. The quantitative estimate of drug-likeness (QED) is 0.600. The molecular formula is C14H17N3OS. The minimum absolute atomic E-state index is 0.587. The van der Waals surface area contributed by atoms with Crippen molar-refractivity contribution in [3.05, 3.63) is 36.2 Å². The molecule has 100 valence electrons. The van der Waals surface area contributed by atoms with Gasteiger partial charge in [0.2, 0.25) is 5.16 Å². The third kappa shape index (κ3) is 2.98. The van der Waals surface area contributed by atoms with Crippen molar-refractivity contribution in [3.63, 3.8) is 0 Å². The largest absolute Gasteiger partial charge is 0.384 e. The van der Waals surface area contributed by atoms with E-state index >= 15 is 0 Å². The summed E-state index contributed by atoms with van der Waals surface area (Å²) in [6, 6.07) is 10.2. The number of nitrogens with zero attached hydrogens (tertiary/aromatic N) is 3. The maximum atomic E-state index is 5.06. The molecule has 1 heterocycles. The first kappa shape index (κ1) is 12.7. The van der Waals surface area contributed by atoms with Crippen molar-refractivity contribution in [2.75, 3.05) is 19.5 Å². The molecule has 19 heavy (non-hydrogen) atoms. The maximum absolute atomic E-state index is 5.06. The van der Waals surface area contributed by atoms with Gasteiger partial charge in [-0.2, -0.15) is 0 Å². The van der Waals surface area contributed by atoms with E-state index in [1.165, 1.54) is 12.8 Å². The zero-order valence-corrected chi connectivity index (χ0v) is 11.8. The molecule has 1 saturated carbocycles. The molecule has 0 radical (unpaired) electrons. The van der Waals surface area contributed by atoms with E-state index in [4.69, 9.17) is 4.74 Å². The van der Waals surface area contributed by atoms with Crippen LogP contribution >= 0.6 is 11.8 Å². The van der Waals surface area contributed by atoms with Crippen LogP contribution in [0.25, 0.3) is 5.69 Å². The molecule has 0 saturated heterocycles. The predicted octanol–water partition coefficient (Wildman–Crippen LogP) is 2.88. The van der Waals surface area contributed by atoms with Gasteiger partial charge in [-0.05, 0) is 25.0 Å². The van der Waals surface area contributed by atoms with Crippen LogP contribution in [-0.4, -0.2) is 34.2 Å². The van der Waals surface area contributed by atoms with Gasteiger partial charge in [-0.15, -0.1) is 5.10 Å². The number of rotatable bonds is 6. The summed E-state index contributed by atoms with van der Waals surface area (Å²) < 4.78 is 7.05. The summed E-state index contributed by atoms with van der Waals surface area (Å²) in [5.74, 6) is 2.58. The Morgan fingerprint density at radius 1 is 1.32 bits per heavy atom. The SMILES string of the molecule is COCCSc1nc(C2CC2)n(-c2ccccc2)n1. The highest BCUT2D eigenvalue weighted by Crippen LogP contribution is 2.40. The van der Waals surface area contributed by atoms with Crippen LogP contribution < -0.4 is 0 Å². The molecule has 1 fully saturated rings. The fraction of sp³-hybridized carbons (Fsp3) is 0.429. The van der Waals surface area contributed by atoms with Crippen LogP contribution in [0.1, 0.15) is 24.6 Å². The third-order valence-corrected chi connectivity index (χ3v) is 3.88. The van der Waals surface area contributed by atoms with Gasteiger partial charge in [0.1, 0.15) is 5.82 Å². The summed E-state index contributed by atoms with van der Waals surface area (Å²) in [6.07, 6.45) is 2.46. The molecule has 1 aromatic heterocycles. The number of benzene rings is 1. The van der Waals surface area contributed by atoms with Crippen LogP contribution in [0.3, 0.4) is 0 Å². The van der Waals surface area contributed by atoms with Gasteiger partial charge in [0.25, 0.3) is 0 Å². The third-order valence-electron chi connectivity index (χ3n) is 3.07. The van der Waals surface area contributed by atoms with Gasteiger partial charge in [0, 0.05) is 18.8 Å². The van der Waals surface area contributed by atoms with Crippen molar-refractivity contribution in [3.8, 4) is 5.69 Å². The zero-order chi connectivity index (χ0) is 13.1. The summed E-state index contributed by atoms with van der Waals surface area (Å²) in [5.41, 5.74) is 1.09. The Balaban J connectivity index is 1.85. The van der Waals surface area contributed by atoms with Gasteiger partial charge in [0.05, 0.1) is 12.3 Å². The first-order valence-electron chi connectivity index (χ1n) is 6.52. The highest BCUT2D eigenvalue weighted by Gasteiger charge is 2.30.